The Morgan fingerprint density at radius 1 is 0.646 bits per heavy atom. The van der Waals surface area contributed by atoms with Gasteiger partial charge in [-0.05, 0) is 36.6 Å². The Bertz CT molecular complexity index is 1450. The molecule has 0 heterocycles. The third-order valence-corrected chi connectivity index (χ3v) is 7.02. The zero-order valence-electron chi connectivity index (χ0n) is 25.9. The molecule has 6 atom stereocenters. The number of phenolic OH excluding ortho intramolecular Hbond substituents is 1. The van der Waals surface area contributed by atoms with Gasteiger partial charge in [0.05, 0.1) is 12.5 Å². The minimum absolute atomic E-state index is 0.0776. The van der Waals surface area contributed by atoms with Crippen LogP contribution in [0.25, 0.3) is 0 Å². The second-order valence-electron chi connectivity index (χ2n) is 10.9. The van der Waals surface area contributed by atoms with Crippen molar-refractivity contribution in [3.8, 4) is 5.75 Å². The van der Waals surface area contributed by atoms with Gasteiger partial charge in [0.1, 0.15) is 36.0 Å². The molecule has 0 saturated carbocycles. The van der Waals surface area contributed by atoms with Crippen molar-refractivity contribution in [2.24, 2.45) is 5.73 Å². The summed E-state index contributed by atoms with van der Waals surface area (Å²) in [6.07, 6.45) is -3.84. The summed E-state index contributed by atoms with van der Waals surface area (Å²) >= 11 is 0. The number of carboxylic acid groups (broad SMARTS) is 3. The first-order valence-corrected chi connectivity index (χ1v) is 14.7. The van der Waals surface area contributed by atoms with Gasteiger partial charge < -0.3 is 52.5 Å². The Hall–Kier alpha value is -5.55. The van der Waals surface area contributed by atoms with Crippen molar-refractivity contribution < 1.29 is 59.1 Å². The van der Waals surface area contributed by atoms with Crippen molar-refractivity contribution in [1.29, 1.82) is 0 Å². The summed E-state index contributed by atoms with van der Waals surface area (Å²) in [5.41, 5.74) is 6.67. The summed E-state index contributed by atoms with van der Waals surface area (Å²) in [4.78, 5) is 87.3. The normalized spacial score (nSPS) is 14.6. The van der Waals surface area contributed by atoms with E-state index >= 15 is 0 Å². The number of nitrogens with one attached hydrogen (secondary N) is 4. The topological polar surface area (TPSA) is 295 Å². The van der Waals surface area contributed by atoms with Gasteiger partial charge in [-0.2, -0.15) is 0 Å². The molecule has 0 aliphatic heterocycles. The standard InChI is InChI=1S/C31H39N5O12/c1-16(37)26(32)30(46)35-21(13-17-5-3-2-4-6-17)28(44)34-22(15-25(41)42)29(45)33-20(11-12-24(39)40)27(43)36-23(31(47)48)14-18-7-9-19(38)10-8-18/h2-10,16,20-23,26,37-38H,11-15,32H2,1H3,(H,33,45)(H,34,44)(H,35,46)(H,36,43)(H,39,40)(H,41,42)(H,47,48)/t16-,20+,21+,22+,23+,26+/m1/s1. The molecule has 2 aromatic rings. The molecule has 0 aliphatic carbocycles. The molecule has 17 nitrogen and oxygen atoms in total. The average Bonchev–Trinajstić information content (AvgIpc) is 3.02. The summed E-state index contributed by atoms with van der Waals surface area (Å²) in [6.45, 7) is 1.26. The van der Waals surface area contributed by atoms with Crippen molar-refractivity contribution in [3.05, 3.63) is 65.7 Å². The summed E-state index contributed by atoms with van der Waals surface area (Å²) < 4.78 is 0. The zero-order chi connectivity index (χ0) is 36.0. The Morgan fingerprint density at radius 3 is 1.67 bits per heavy atom. The van der Waals surface area contributed by atoms with E-state index in [4.69, 9.17) is 5.73 Å². The highest BCUT2D eigenvalue weighted by atomic mass is 16.4. The predicted octanol–water partition coefficient (Wildman–Crippen LogP) is -1.75. The summed E-state index contributed by atoms with van der Waals surface area (Å²) in [5.74, 6) is -8.68. The molecule has 11 N–H and O–H groups in total. The predicted molar refractivity (Wildman–Crippen MR) is 166 cm³/mol. The first-order chi connectivity index (χ1) is 22.6. The van der Waals surface area contributed by atoms with E-state index in [0.717, 1.165) is 0 Å². The molecule has 0 spiro atoms. The fraction of sp³-hybridized carbons (Fsp3) is 0.387. The van der Waals surface area contributed by atoms with Crippen molar-refractivity contribution >= 4 is 41.5 Å². The number of benzene rings is 2. The number of aliphatic hydroxyl groups excluding tert-OH is 1. The van der Waals surface area contributed by atoms with E-state index in [1.807, 2.05) is 0 Å². The molecular weight excluding hydrogens is 634 g/mol. The van der Waals surface area contributed by atoms with Gasteiger partial charge in [-0.15, -0.1) is 0 Å². The van der Waals surface area contributed by atoms with Crippen LogP contribution < -0.4 is 27.0 Å². The lowest BCUT2D eigenvalue weighted by Gasteiger charge is -2.26. The molecule has 17 heteroatoms. The molecule has 0 saturated heterocycles. The number of aliphatic hydroxyl groups is 1. The molecule has 2 aromatic carbocycles. The molecule has 0 fully saturated rings. The van der Waals surface area contributed by atoms with E-state index in [-0.39, 0.29) is 18.6 Å². The van der Waals surface area contributed by atoms with Crippen LogP contribution >= 0.6 is 0 Å². The first-order valence-electron chi connectivity index (χ1n) is 14.7. The van der Waals surface area contributed by atoms with Gasteiger partial charge in [-0.1, -0.05) is 42.5 Å². The van der Waals surface area contributed by atoms with E-state index in [2.05, 4.69) is 21.3 Å². The van der Waals surface area contributed by atoms with Crippen LogP contribution in [0.2, 0.25) is 0 Å². The first kappa shape index (κ1) is 38.6. The van der Waals surface area contributed by atoms with Crippen LogP contribution in [0, 0.1) is 0 Å². The average molecular weight is 674 g/mol. The van der Waals surface area contributed by atoms with E-state index < -0.39 is 97.1 Å². The largest absolute Gasteiger partial charge is 0.508 e. The minimum Gasteiger partial charge on any atom is -0.508 e. The highest BCUT2D eigenvalue weighted by Gasteiger charge is 2.33. The lowest BCUT2D eigenvalue weighted by Crippen LogP contribution is -2.59. The number of amides is 4. The number of rotatable bonds is 19. The van der Waals surface area contributed by atoms with Crippen LogP contribution in [-0.4, -0.2) is 103 Å². The zero-order valence-corrected chi connectivity index (χ0v) is 25.9. The number of aromatic hydroxyl groups is 1. The van der Waals surface area contributed by atoms with E-state index in [1.165, 1.54) is 31.2 Å². The number of phenols is 1. The number of carboxylic acids is 3. The molecule has 260 valence electrons. The van der Waals surface area contributed by atoms with Gasteiger partial charge in [0.15, 0.2) is 0 Å². The Morgan fingerprint density at radius 2 is 1.12 bits per heavy atom. The maximum atomic E-state index is 13.4. The van der Waals surface area contributed by atoms with Gasteiger partial charge in [-0.3, -0.25) is 28.8 Å². The van der Waals surface area contributed by atoms with Crippen molar-refractivity contribution in [1.82, 2.24) is 21.3 Å². The highest BCUT2D eigenvalue weighted by molar-refractivity contribution is 5.97. The van der Waals surface area contributed by atoms with E-state index in [1.54, 1.807) is 30.3 Å². The number of aliphatic carboxylic acids is 3. The van der Waals surface area contributed by atoms with Gasteiger partial charge in [0, 0.05) is 19.3 Å². The van der Waals surface area contributed by atoms with E-state index in [9.17, 15) is 59.1 Å². The van der Waals surface area contributed by atoms with E-state index in [0.29, 0.717) is 11.1 Å². The highest BCUT2D eigenvalue weighted by Crippen LogP contribution is 2.12. The van der Waals surface area contributed by atoms with Gasteiger partial charge in [0.25, 0.3) is 0 Å². The fourth-order valence-electron chi connectivity index (χ4n) is 4.35. The molecule has 0 aromatic heterocycles. The molecule has 4 amide bonds. The molecule has 2 rings (SSSR count). The van der Waals surface area contributed by atoms with Crippen molar-refractivity contribution in [2.45, 2.75) is 75.3 Å². The molecule has 0 bridgehead atoms. The van der Waals surface area contributed by atoms with Crippen LogP contribution in [0.4, 0.5) is 0 Å². The molecule has 0 unspecified atom stereocenters. The lowest BCUT2D eigenvalue weighted by molar-refractivity contribution is -0.143. The fourth-order valence-corrected chi connectivity index (χ4v) is 4.35. The Kier molecular flexibility index (Phi) is 14.9. The number of hydrogen-bond donors (Lipinski definition) is 10. The van der Waals surface area contributed by atoms with Crippen LogP contribution in [0.5, 0.6) is 5.75 Å². The number of hydrogen-bond acceptors (Lipinski definition) is 10. The van der Waals surface area contributed by atoms with Gasteiger partial charge in [0.2, 0.25) is 23.6 Å². The Labute approximate surface area is 274 Å². The lowest BCUT2D eigenvalue weighted by atomic mass is 10.0. The van der Waals surface area contributed by atoms with Crippen molar-refractivity contribution in [2.75, 3.05) is 0 Å². The quantitative estimate of drug-likeness (QED) is 0.0792. The number of carbonyl (C=O) groups is 7. The van der Waals surface area contributed by atoms with Gasteiger partial charge >= 0.3 is 17.9 Å². The Balaban J connectivity index is 2.29. The molecule has 48 heavy (non-hydrogen) atoms. The third-order valence-electron chi connectivity index (χ3n) is 7.02. The van der Waals surface area contributed by atoms with Crippen LogP contribution in [0.3, 0.4) is 0 Å². The smallest absolute Gasteiger partial charge is 0.326 e. The van der Waals surface area contributed by atoms with Crippen LogP contribution in [0.15, 0.2) is 54.6 Å². The second kappa shape index (κ2) is 18.6. The van der Waals surface area contributed by atoms with Crippen LogP contribution in [-0.2, 0) is 46.4 Å². The summed E-state index contributed by atoms with van der Waals surface area (Å²) in [7, 11) is 0. The second-order valence-corrected chi connectivity index (χ2v) is 10.9. The maximum Gasteiger partial charge on any atom is 0.326 e. The number of carbonyl (C=O) groups excluding carboxylic acids is 4. The van der Waals surface area contributed by atoms with Crippen LogP contribution in [0.1, 0.15) is 37.3 Å². The van der Waals surface area contributed by atoms with Gasteiger partial charge in [-0.25, -0.2) is 4.79 Å². The summed E-state index contributed by atoms with van der Waals surface area (Å²) in [5, 5.41) is 56.6. The molecule has 0 radical (unpaired) electrons. The number of nitrogens with two attached hydrogens (primary N) is 1. The molecular formula is C31H39N5O12. The summed E-state index contributed by atoms with van der Waals surface area (Å²) in [6, 6.07) is 5.87. The van der Waals surface area contributed by atoms with Crippen molar-refractivity contribution in [3.63, 3.8) is 0 Å². The maximum absolute atomic E-state index is 13.4. The monoisotopic (exact) mass is 673 g/mol. The third kappa shape index (κ3) is 13.1. The SMILES string of the molecule is C[C@@H](O)[C@H](N)C(=O)N[C@@H](Cc1ccccc1)C(=O)N[C@@H](CC(=O)O)C(=O)N[C@@H](CCC(=O)O)C(=O)N[C@@H](Cc1ccc(O)cc1)C(=O)O. The molecule has 0 aliphatic rings. The minimum atomic E-state index is -1.84.